The molecule has 9 heteroatoms. The third-order valence-corrected chi connectivity index (χ3v) is 6.16. The highest BCUT2D eigenvalue weighted by molar-refractivity contribution is 9.10. The number of nitrogens with one attached hydrogen (secondary N) is 1. The number of ether oxygens (including phenoxy) is 1. The minimum atomic E-state index is -3.75. The number of halogens is 3. The van der Waals surface area contributed by atoms with E-state index >= 15 is 0 Å². The largest absolute Gasteiger partial charge is 0.469 e. The molecule has 0 heterocycles. The van der Waals surface area contributed by atoms with Crippen LogP contribution in [0.3, 0.4) is 0 Å². The summed E-state index contributed by atoms with van der Waals surface area (Å²) in [5, 5.41) is 0.623. The molecule has 0 bridgehead atoms. The van der Waals surface area contributed by atoms with Gasteiger partial charge < -0.3 is 4.74 Å². The number of rotatable bonds is 7. The summed E-state index contributed by atoms with van der Waals surface area (Å²) in [5.41, 5.74) is 1.14. The minimum Gasteiger partial charge on any atom is -0.469 e. The summed E-state index contributed by atoms with van der Waals surface area (Å²) in [4.78, 5) is 11.7. The van der Waals surface area contributed by atoms with Crippen LogP contribution in [0, 0.1) is 0 Å². The predicted molar refractivity (Wildman–Crippen MR) is 106 cm³/mol. The van der Waals surface area contributed by atoms with Crippen molar-refractivity contribution in [1.82, 2.24) is 4.72 Å². The smallest absolute Gasteiger partial charge is 0.307 e. The fraction of sp³-hybridized carbons (Fsp3) is 0.235. The SMILES string of the molecule is COC(=O)CC(NS(=O)(=O)Cc1ccc(Cl)c(Cl)c1)c1ccc(Br)cc1. The molecule has 26 heavy (non-hydrogen) atoms. The Balaban J connectivity index is 2.23. The van der Waals surface area contributed by atoms with E-state index in [4.69, 9.17) is 23.2 Å². The number of carbonyl (C=O) groups is 1. The van der Waals surface area contributed by atoms with E-state index in [-0.39, 0.29) is 17.2 Å². The maximum Gasteiger partial charge on any atom is 0.307 e. The molecule has 0 aliphatic heterocycles. The Hall–Kier alpha value is -1.12. The first-order chi connectivity index (χ1) is 12.2. The van der Waals surface area contributed by atoms with Crippen molar-refractivity contribution in [3.63, 3.8) is 0 Å². The van der Waals surface area contributed by atoms with Crippen LogP contribution in [0.25, 0.3) is 0 Å². The van der Waals surface area contributed by atoms with Gasteiger partial charge in [-0.2, -0.15) is 0 Å². The van der Waals surface area contributed by atoms with Gasteiger partial charge >= 0.3 is 5.97 Å². The molecule has 0 saturated carbocycles. The molecule has 0 saturated heterocycles. The first-order valence-electron chi connectivity index (χ1n) is 7.46. The molecule has 0 spiro atoms. The maximum atomic E-state index is 12.6. The van der Waals surface area contributed by atoms with Gasteiger partial charge in [0.15, 0.2) is 0 Å². The Kier molecular flexibility index (Phi) is 7.49. The summed E-state index contributed by atoms with van der Waals surface area (Å²) in [6.45, 7) is 0. The Morgan fingerprint density at radius 2 is 1.81 bits per heavy atom. The van der Waals surface area contributed by atoms with Gasteiger partial charge in [0.1, 0.15) is 0 Å². The van der Waals surface area contributed by atoms with E-state index in [1.54, 1.807) is 30.3 Å². The fourth-order valence-electron chi connectivity index (χ4n) is 2.28. The van der Waals surface area contributed by atoms with Crippen LogP contribution in [-0.2, 0) is 25.3 Å². The first kappa shape index (κ1) is 21.2. The molecule has 0 fully saturated rings. The summed E-state index contributed by atoms with van der Waals surface area (Å²) < 4.78 is 33.2. The van der Waals surface area contributed by atoms with Crippen LogP contribution >= 0.6 is 39.1 Å². The molecule has 0 aliphatic rings. The highest BCUT2D eigenvalue weighted by atomic mass is 79.9. The normalized spacial score (nSPS) is 12.6. The molecule has 2 aromatic rings. The van der Waals surface area contributed by atoms with E-state index in [0.29, 0.717) is 16.1 Å². The van der Waals surface area contributed by atoms with Gasteiger partial charge in [0.05, 0.1) is 35.4 Å². The molecule has 0 aliphatic carbocycles. The molecule has 1 atom stereocenters. The Bertz CT molecular complexity index is 888. The van der Waals surface area contributed by atoms with Crippen molar-refractivity contribution in [2.45, 2.75) is 18.2 Å². The highest BCUT2D eigenvalue weighted by Crippen LogP contribution is 2.25. The highest BCUT2D eigenvalue weighted by Gasteiger charge is 2.23. The average Bonchev–Trinajstić information content (AvgIpc) is 2.57. The topological polar surface area (TPSA) is 72.5 Å². The number of esters is 1. The van der Waals surface area contributed by atoms with E-state index in [9.17, 15) is 13.2 Å². The van der Waals surface area contributed by atoms with E-state index in [1.807, 2.05) is 0 Å². The monoisotopic (exact) mass is 479 g/mol. The Morgan fingerprint density at radius 3 is 2.38 bits per heavy atom. The fourth-order valence-corrected chi connectivity index (χ4v) is 4.22. The lowest BCUT2D eigenvalue weighted by Gasteiger charge is -2.18. The van der Waals surface area contributed by atoms with Crippen LogP contribution in [0.4, 0.5) is 0 Å². The van der Waals surface area contributed by atoms with Crippen LogP contribution in [0.2, 0.25) is 10.0 Å². The van der Waals surface area contributed by atoms with Gasteiger partial charge in [0.2, 0.25) is 10.0 Å². The van der Waals surface area contributed by atoms with Gasteiger partial charge in [0.25, 0.3) is 0 Å². The number of benzene rings is 2. The third kappa shape index (κ3) is 6.25. The molecule has 0 amide bonds. The van der Waals surface area contributed by atoms with Crippen molar-refractivity contribution in [3.05, 3.63) is 68.1 Å². The predicted octanol–water partition coefficient (Wildman–Crippen LogP) is 4.48. The summed E-state index contributed by atoms with van der Waals surface area (Å²) in [6.07, 6.45) is -0.126. The number of hydrogen-bond donors (Lipinski definition) is 1. The zero-order valence-electron chi connectivity index (χ0n) is 13.7. The first-order valence-corrected chi connectivity index (χ1v) is 10.7. The quantitative estimate of drug-likeness (QED) is 0.593. The lowest BCUT2D eigenvalue weighted by Crippen LogP contribution is -2.31. The van der Waals surface area contributed by atoms with Crippen molar-refractivity contribution in [2.24, 2.45) is 0 Å². The van der Waals surface area contributed by atoms with Gasteiger partial charge in [-0.05, 0) is 35.4 Å². The zero-order valence-corrected chi connectivity index (χ0v) is 17.6. The second-order valence-corrected chi connectivity index (χ2v) is 8.99. The van der Waals surface area contributed by atoms with E-state index in [1.165, 1.54) is 19.2 Å². The molecule has 1 N–H and O–H groups in total. The Morgan fingerprint density at radius 1 is 1.15 bits per heavy atom. The standard InChI is InChI=1S/C17H16BrCl2NO4S/c1-25-17(22)9-16(12-3-5-13(18)6-4-12)21-26(23,24)10-11-2-7-14(19)15(20)8-11/h2-8,16,21H,9-10H2,1H3. The molecule has 5 nitrogen and oxygen atoms in total. The number of sulfonamides is 1. The molecule has 2 aromatic carbocycles. The number of hydrogen-bond acceptors (Lipinski definition) is 4. The van der Waals surface area contributed by atoms with Gasteiger partial charge in [0, 0.05) is 4.47 Å². The second kappa shape index (κ2) is 9.19. The summed E-state index contributed by atoms with van der Waals surface area (Å²) in [5.74, 6) is -0.812. The van der Waals surface area contributed by atoms with E-state index in [0.717, 1.165) is 4.47 Å². The Labute approximate surface area is 170 Å². The lowest BCUT2D eigenvalue weighted by molar-refractivity contribution is -0.141. The van der Waals surface area contributed by atoms with Crippen molar-refractivity contribution in [1.29, 1.82) is 0 Å². The molecular weight excluding hydrogens is 465 g/mol. The van der Waals surface area contributed by atoms with Gasteiger partial charge in [-0.25, -0.2) is 13.1 Å². The zero-order chi connectivity index (χ0) is 19.3. The molecule has 140 valence electrons. The molecule has 0 aromatic heterocycles. The average molecular weight is 481 g/mol. The van der Waals surface area contributed by atoms with Crippen molar-refractivity contribution >= 4 is 55.1 Å². The van der Waals surface area contributed by atoms with Crippen LogP contribution in [-0.4, -0.2) is 21.5 Å². The number of carbonyl (C=O) groups excluding carboxylic acids is 1. The summed E-state index contributed by atoms with van der Waals surface area (Å²) >= 11 is 15.1. The molecule has 2 rings (SSSR count). The van der Waals surface area contributed by atoms with E-state index < -0.39 is 22.0 Å². The van der Waals surface area contributed by atoms with Crippen molar-refractivity contribution in [2.75, 3.05) is 7.11 Å². The molecular formula is C17H16BrCl2NO4S. The third-order valence-electron chi connectivity index (χ3n) is 3.53. The molecule has 1 unspecified atom stereocenters. The van der Waals surface area contributed by atoms with Gasteiger partial charge in [-0.15, -0.1) is 0 Å². The van der Waals surface area contributed by atoms with Crippen molar-refractivity contribution in [3.8, 4) is 0 Å². The summed E-state index contributed by atoms with van der Waals surface area (Å²) in [7, 11) is -2.49. The lowest BCUT2D eigenvalue weighted by atomic mass is 10.1. The molecule has 0 radical (unpaired) electrons. The van der Waals surface area contributed by atoms with Crippen LogP contribution < -0.4 is 4.72 Å². The number of methoxy groups -OCH3 is 1. The van der Waals surface area contributed by atoms with Crippen molar-refractivity contribution < 1.29 is 17.9 Å². The van der Waals surface area contributed by atoms with Gasteiger partial charge in [-0.1, -0.05) is 57.3 Å². The van der Waals surface area contributed by atoms with Crippen LogP contribution in [0.15, 0.2) is 46.9 Å². The summed E-state index contributed by atoms with van der Waals surface area (Å²) in [6, 6.07) is 10.9. The van der Waals surface area contributed by atoms with Crippen LogP contribution in [0.1, 0.15) is 23.6 Å². The second-order valence-electron chi connectivity index (χ2n) is 5.51. The minimum absolute atomic E-state index is 0.126. The maximum absolute atomic E-state index is 12.6. The van der Waals surface area contributed by atoms with Gasteiger partial charge in [-0.3, -0.25) is 4.79 Å². The van der Waals surface area contributed by atoms with E-state index in [2.05, 4.69) is 25.4 Å². The van der Waals surface area contributed by atoms with Crippen LogP contribution in [0.5, 0.6) is 0 Å².